The summed E-state index contributed by atoms with van der Waals surface area (Å²) in [5, 5.41) is 6.50. The minimum Gasteiger partial charge on any atom is -0.496 e. The summed E-state index contributed by atoms with van der Waals surface area (Å²) in [4.78, 5) is 12.2. The van der Waals surface area contributed by atoms with Crippen molar-refractivity contribution < 1.29 is 9.53 Å². The molecular weight excluding hydrogens is 288 g/mol. The third-order valence-corrected chi connectivity index (χ3v) is 4.88. The van der Waals surface area contributed by atoms with Crippen LogP contribution >= 0.6 is 0 Å². The Morgan fingerprint density at radius 2 is 2.09 bits per heavy atom. The monoisotopic (exact) mass is 318 g/mol. The second-order valence-corrected chi connectivity index (χ2v) is 6.78. The van der Waals surface area contributed by atoms with Gasteiger partial charge in [0.1, 0.15) is 5.75 Å². The van der Waals surface area contributed by atoms with E-state index in [4.69, 9.17) is 4.74 Å². The van der Waals surface area contributed by atoms with Gasteiger partial charge in [0, 0.05) is 17.6 Å². The van der Waals surface area contributed by atoms with Crippen molar-refractivity contribution in [1.82, 2.24) is 10.6 Å². The van der Waals surface area contributed by atoms with Crippen molar-refractivity contribution in [3.8, 4) is 5.75 Å². The first-order valence-electron chi connectivity index (χ1n) is 8.68. The Kier molecular flexibility index (Phi) is 6.46. The number of amides is 1. The molecule has 2 N–H and O–H groups in total. The second-order valence-electron chi connectivity index (χ2n) is 6.78. The van der Waals surface area contributed by atoms with Crippen LogP contribution in [0.1, 0.15) is 56.7 Å². The van der Waals surface area contributed by atoms with Crippen LogP contribution in [0.4, 0.5) is 0 Å². The predicted molar refractivity (Wildman–Crippen MR) is 93.7 cm³/mol. The van der Waals surface area contributed by atoms with E-state index in [1.54, 1.807) is 7.11 Å². The Hall–Kier alpha value is -1.55. The molecule has 4 nitrogen and oxygen atoms in total. The molecule has 23 heavy (non-hydrogen) atoms. The molecule has 0 saturated heterocycles. The summed E-state index contributed by atoms with van der Waals surface area (Å²) >= 11 is 0. The number of aryl methyl sites for hydroxylation is 1. The maximum atomic E-state index is 12.2. The highest BCUT2D eigenvalue weighted by Crippen LogP contribution is 2.26. The molecule has 1 aliphatic rings. The molecular formula is C19H30N2O2. The fourth-order valence-electron chi connectivity index (χ4n) is 3.34. The third-order valence-electron chi connectivity index (χ3n) is 4.88. The molecule has 1 amide bonds. The Labute approximate surface area is 140 Å². The third kappa shape index (κ3) is 4.96. The van der Waals surface area contributed by atoms with Crippen molar-refractivity contribution in [2.75, 3.05) is 13.7 Å². The molecule has 1 aliphatic carbocycles. The van der Waals surface area contributed by atoms with Crippen LogP contribution in [0.25, 0.3) is 0 Å². The molecule has 0 aromatic heterocycles. The van der Waals surface area contributed by atoms with Crippen LogP contribution < -0.4 is 15.4 Å². The first-order chi connectivity index (χ1) is 11.0. The number of rotatable bonds is 6. The Balaban J connectivity index is 1.87. The number of methoxy groups -OCH3 is 1. The Morgan fingerprint density at radius 1 is 1.35 bits per heavy atom. The molecule has 2 rings (SSSR count). The van der Waals surface area contributed by atoms with Gasteiger partial charge in [-0.25, -0.2) is 0 Å². The zero-order valence-corrected chi connectivity index (χ0v) is 14.8. The van der Waals surface area contributed by atoms with E-state index in [-0.39, 0.29) is 11.9 Å². The molecule has 4 heteroatoms. The maximum absolute atomic E-state index is 12.2. The van der Waals surface area contributed by atoms with Crippen LogP contribution in [0.3, 0.4) is 0 Å². The largest absolute Gasteiger partial charge is 0.496 e. The van der Waals surface area contributed by atoms with E-state index in [1.165, 1.54) is 24.8 Å². The molecule has 3 atom stereocenters. The molecule has 0 bridgehead atoms. The maximum Gasteiger partial charge on any atom is 0.234 e. The van der Waals surface area contributed by atoms with Gasteiger partial charge in [-0.2, -0.15) is 0 Å². The normalized spacial score (nSPS) is 22.4. The van der Waals surface area contributed by atoms with Gasteiger partial charge in [0.25, 0.3) is 0 Å². The highest BCUT2D eigenvalue weighted by atomic mass is 16.5. The number of ether oxygens (including phenoxy) is 1. The van der Waals surface area contributed by atoms with Crippen LogP contribution in [-0.4, -0.2) is 25.6 Å². The quantitative estimate of drug-likeness (QED) is 0.846. The number of carbonyl (C=O) groups excluding carboxylic acids is 1. The lowest BCUT2D eigenvalue weighted by atomic mass is 9.86. The minimum absolute atomic E-state index is 0.0689. The topological polar surface area (TPSA) is 50.4 Å². The summed E-state index contributed by atoms with van der Waals surface area (Å²) in [6.07, 6.45) is 4.83. The van der Waals surface area contributed by atoms with E-state index in [1.807, 2.05) is 12.1 Å². The molecule has 0 spiro atoms. The first-order valence-corrected chi connectivity index (χ1v) is 8.68. The van der Waals surface area contributed by atoms with E-state index in [0.29, 0.717) is 18.5 Å². The fraction of sp³-hybridized carbons (Fsp3) is 0.632. The number of benzene rings is 1. The molecule has 1 saturated carbocycles. The van der Waals surface area contributed by atoms with Gasteiger partial charge in [-0.15, -0.1) is 0 Å². The molecule has 0 unspecified atom stereocenters. The second kappa shape index (κ2) is 8.34. The SMILES string of the molecule is COc1ccc(C)cc1[C@H](C)NCC(=O)N[C@@H]1CCCC[C@@H]1C. The predicted octanol–water partition coefficient (Wildman–Crippen LogP) is 3.35. The molecule has 0 radical (unpaired) electrons. The summed E-state index contributed by atoms with van der Waals surface area (Å²) in [5.41, 5.74) is 2.28. The van der Waals surface area contributed by atoms with Gasteiger partial charge in [0.2, 0.25) is 5.91 Å². The fourth-order valence-corrected chi connectivity index (χ4v) is 3.34. The smallest absolute Gasteiger partial charge is 0.234 e. The van der Waals surface area contributed by atoms with Crippen LogP contribution in [0, 0.1) is 12.8 Å². The van der Waals surface area contributed by atoms with Crippen molar-refractivity contribution in [1.29, 1.82) is 0 Å². The van der Waals surface area contributed by atoms with E-state index < -0.39 is 0 Å². The number of carbonyl (C=O) groups is 1. The lowest BCUT2D eigenvalue weighted by Gasteiger charge is -2.29. The standard InChI is InChI=1S/C19H30N2O2/c1-13-9-10-18(23-4)16(11-13)15(3)20-12-19(22)21-17-8-6-5-7-14(17)2/h9-11,14-15,17,20H,5-8,12H2,1-4H3,(H,21,22)/t14-,15-,17+/m0/s1. The zero-order valence-electron chi connectivity index (χ0n) is 14.8. The van der Waals surface area contributed by atoms with Gasteiger partial charge in [-0.1, -0.05) is 37.5 Å². The summed E-state index contributed by atoms with van der Waals surface area (Å²) in [5.74, 6) is 1.53. The Morgan fingerprint density at radius 3 is 2.78 bits per heavy atom. The van der Waals surface area contributed by atoms with Crippen molar-refractivity contribution in [2.24, 2.45) is 5.92 Å². The summed E-state index contributed by atoms with van der Waals surface area (Å²) in [6, 6.07) is 6.53. The molecule has 1 fully saturated rings. The van der Waals surface area contributed by atoms with E-state index in [9.17, 15) is 4.79 Å². The molecule has 1 aromatic carbocycles. The average Bonchev–Trinajstić information content (AvgIpc) is 2.54. The van der Waals surface area contributed by atoms with E-state index >= 15 is 0 Å². The van der Waals surface area contributed by atoms with Crippen molar-refractivity contribution in [2.45, 2.75) is 58.5 Å². The number of nitrogens with one attached hydrogen (secondary N) is 2. The lowest BCUT2D eigenvalue weighted by Crippen LogP contribution is -2.45. The van der Waals surface area contributed by atoms with Gasteiger partial charge >= 0.3 is 0 Å². The zero-order chi connectivity index (χ0) is 16.8. The van der Waals surface area contributed by atoms with Gasteiger partial charge in [-0.05, 0) is 38.7 Å². The summed E-state index contributed by atoms with van der Waals surface area (Å²) in [6.45, 7) is 6.69. The van der Waals surface area contributed by atoms with Gasteiger partial charge in [0.05, 0.1) is 13.7 Å². The first kappa shape index (κ1) is 17.8. The van der Waals surface area contributed by atoms with E-state index in [0.717, 1.165) is 17.7 Å². The average molecular weight is 318 g/mol. The van der Waals surface area contributed by atoms with Crippen LogP contribution in [0.5, 0.6) is 5.75 Å². The highest BCUT2D eigenvalue weighted by molar-refractivity contribution is 5.78. The highest BCUT2D eigenvalue weighted by Gasteiger charge is 2.23. The van der Waals surface area contributed by atoms with Gasteiger partial charge in [-0.3, -0.25) is 4.79 Å². The minimum atomic E-state index is 0.0689. The summed E-state index contributed by atoms with van der Waals surface area (Å²) < 4.78 is 5.42. The van der Waals surface area contributed by atoms with Crippen LogP contribution in [0.15, 0.2) is 18.2 Å². The molecule has 128 valence electrons. The van der Waals surface area contributed by atoms with Gasteiger partial charge < -0.3 is 15.4 Å². The summed E-state index contributed by atoms with van der Waals surface area (Å²) in [7, 11) is 1.68. The lowest BCUT2D eigenvalue weighted by molar-refractivity contribution is -0.121. The van der Waals surface area contributed by atoms with E-state index in [2.05, 4.69) is 37.5 Å². The Bertz CT molecular complexity index is 530. The molecule has 1 aromatic rings. The van der Waals surface area contributed by atoms with Crippen molar-refractivity contribution in [3.05, 3.63) is 29.3 Å². The van der Waals surface area contributed by atoms with Crippen molar-refractivity contribution in [3.63, 3.8) is 0 Å². The van der Waals surface area contributed by atoms with Crippen molar-refractivity contribution >= 4 is 5.91 Å². The van der Waals surface area contributed by atoms with Crippen LogP contribution in [-0.2, 0) is 4.79 Å². The number of hydrogen-bond acceptors (Lipinski definition) is 3. The van der Waals surface area contributed by atoms with Gasteiger partial charge in [0.15, 0.2) is 0 Å². The van der Waals surface area contributed by atoms with Crippen LogP contribution in [0.2, 0.25) is 0 Å². The number of hydrogen-bond donors (Lipinski definition) is 2. The molecule has 0 aliphatic heterocycles. The molecule has 0 heterocycles.